The lowest BCUT2D eigenvalue weighted by Gasteiger charge is -2.29. The number of benzene rings is 2. The number of carbonyl (C=O) groups is 2. The van der Waals surface area contributed by atoms with Crippen LogP contribution in [0.5, 0.6) is 0 Å². The van der Waals surface area contributed by atoms with E-state index in [1.54, 1.807) is 0 Å². The zero-order valence-corrected chi connectivity index (χ0v) is 14.4. The fourth-order valence-electron chi connectivity index (χ4n) is 2.99. The Kier molecular flexibility index (Phi) is 5.33. The molecular weight excluding hydrogens is 314 g/mol. The van der Waals surface area contributed by atoms with Gasteiger partial charge in [-0.15, -0.1) is 0 Å². The number of carbonyl (C=O) groups excluding carboxylic acids is 2. The number of para-hydroxylation sites is 1. The maximum Gasteiger partial charge on any atom is 0.246 e. The number of nitrogens with zero attached hydrogens (tertiary/aromatic N) is 1. The molecule has 2 aromatic carbocycles. The number of hydrogen-bond acceptors (Lipinski definition) is 3. The predicted octanol–water partition coefficient (Wildman–Crippen LogP) is 3.43. The van der Waals surface area contributed by atoms with Crippen LogP contribution in [-0.4, -0.2) is 24.9 Å². The molecule has 2 amide bonds. The third kappa shape index (κ3) is 4.18. The Bertz CT molecular complexity index is 756. The van der Waals surface area contributed by atoms with E-state index >= 15 is 0 Å². The number of aryl methyl sites for hydroxylation is 1. The summed E-state index contributed by atoms with van der Waals surface area (Å²) in [5, 5.41) is 5.97. The van der Waals surface area contributed by atoms with Crippen molar-refractivity contribution in [3.8, 4) is 0 Å². The second-order valence-corrected chi connectivity index (χ2v) is 6.11. The first-order valence-electron chi connectivity index (χ1n) is 8.69. The molecule has 1 aliphatic heterocycles. The molecule has 0 spiro atoms. The van der Waals surface area contributed by atoms with Gasteiger partial charge in [-0.05, 0) is 48.7 Å². The lowest BCUT2D eigenvalue weighted by Crippen LogP contribution is -2.39. The molecule has 0 aromatic heterocycles. The van der Waals surface area contributed by atoms with Gasteiger partial charge in [0.1, 0.15) is 0 Å². The van der Waals surface area contributed by atoms with E-state index in [9.17, 15) is 9.59 Å². The highest BCUT2D eigenvalue weighted by atomic mass is 16.2. The molecule has 0 fully saturated rings. The Labute approximate surface area is 148 Å². The van der Waals surface area contributed by atoms with Crippen LogP contribution in [0, 0.1) is 0 Å². The summed E-state index contributed by atoms with van der Waals surface area (Å²) in [7, 11) is 0. The van der Waals surface area contributed by atoms with Gasteiger partial charge in [0.15, 0.2) is 0 Å². The summed E-state index contributed by atoms with van der Waals surface area (Å²) in [4.78, 5) is 25.8. The van der Waals surface area contributed by atoms with Gasteiger partial charge < -0.3 is 15.5 Å². The third-order valence-electron chi connectivity index (χ3n) is 4.34. The van der Waals surface area contributed by atoms with Crippen molar-refractivity contribution in [3.05, 3.63) is 54.1 Å². The van der Waals surface area contributed by atoms with Gasteiger partial charge in [-0.1, -0.05) is 25.1 Å². The molecule has 2 N–H and O–H groups in total. The summed E-state index contributed by atoms with van der Waals surface area (Å²) in [6.45, 7) is 2.82. The Morgan fingerprint density at radius 3 is 2.52 bits per heavy atom. The zero-order valence-electron chi connectivity index (χ0n) is 14.4. The van der Waals surface area contributed by atoms with Gasteiger partial charge >= 0.3 is 0 Å². The summed E-state index contributed by atoms with van der Waals surface area (Å²) < 4.78 is 0. The van der Waals surface area contributed by atoms with Crippen LogP contribution in [0.2, 0.25) is 0 Å². The Balaban J connectivity index is 1.59. The summed E-state index contributed by atoms with van der Waals surface area (Å²) in [6, 6.07) is 15.5. The summed E-state index contributed by atoms with van der Waals surface area (Å²) in [6.07, 6.45) is 2.47. The fourth-order valence-corrected chi connectivity index (χ4v) is 2.99. The van der Waals surface area contributed by atoms with Crippen LogP contribution in [0.3, 0.4) is 0 Å². The van der Waals surface area contributed by atoms with Gasteiger partial charge in [0, 0.05) is 30.0 Å². The van der Waals surface area contributed by atoms with Gasteiger partial charge in [-0.2, -0.15) is 0 Å². The summed E-state index contributed by atoms with van der Waals surface area (Å²) in [5.41, 5.74) is 3.87. The van der Waals surface area contributed by atoms with E-state index in [0.29, 0.717) is 6.42 Å². The maximum atomic E-state index is 12.6. The van der Waals surface area contributed by atoms with Crippen LogP contribution >= 0.6 is 0 Å². The normalized spacial score (nSPS) is 13.1. The second kappa shape index (κ2) is 7.83. The van der Waals surface area contributed by atoms with Crippen molar-refractivity contribution in [1.82, 2.24) is 0 Å². The molecule has 5 heteroatoms. The van der Waals surface area contributed by atoms with E-state index in [1.165, 1.54) is 5.56 Å². The highest BCUT2D eigenvalue weighted by Gasteiger charge is 2.21. The highest BCUT2D eigenvalue weighted by molar-refractivity contribution is 5.97. The van der Waals surface area contributed by atoms with Crippen LogP contribution in [0.1, 0.15) is 25.3 Å². The smallest absolute Gasteiger partial charge is 0.246 e. The molecule has 0 atom stereocenters. The highest BCUT2D eigenvalue weighted by Crippen LogP contribution is 2.26. The van der Waals surface area contributed by atoms with Crippen molar-refractivity contribution in [3.63, 3.8) is 0 Å². The lowest BCUT2D eigenvalue weighted by molar-refractivity contribution is -0.117. The first-order chi connectivity index (χ1) is 12.2. The molecule has 0 unspecified atom stereocenters. The van der Waals surface area contributed by atoms with Gasteiger partial charge in [-0.25, -0.2) is 0 Å². The predicted molar refractivity (Wildman–Crippen MR) is 101 cm³/mol. The van der Waals surface area contributed by atoms with Crippen LogP contribution in [0.15, 0.2) is 48.5 Å². The molecule has 0 aliphatic carbocycles. The molecule has 1 heterocycles. The SMILES string of the molecule is CCC(=O)Nc1ccc(NCC(=O)N2CCCc3ccccc32)cc1. The number of amides is 2. The van der Waals surface area contributed by atoms with Crippen molar-refractivity contribution in [2.24, 2.45) is 0 Å². The number of fused-ring (bicyclic) bond motifs is 1. The van der Waals surface area contributed by atoms with Crippen LogP contribution in [-0.2, 0) is 16.0 Å². The average molecular weight is 337 g/mol. The number of rotatable bonds is 5. The summed E-state index contributed by atoms with van der Waals surface area (Å²) in [5.74, 6) is 0.0511. The molecule has 0 saturated heterocycles. The number of hydrogen-bond donors (Lipinski definition) is 2. The fraction of sp³-hybridized carbons (Fsp3) is 0.300. The molecular formula is C20H23N3O2. The molecule has 0 radical (unpaired) electrons. The number of nitrogens with one attached hydrogen (secondary N) is 2. The Hall–Kier alpha value is -2.82. The van der Waals surface area contributed by atoms with Crippen molar-refractivity contribution in [2.75, 3.05) is 28.6 Å². The van der Waals surface area contributed by atoms with Crippen LogP contribution in [0.25, 0.3) is 0 Å². The molecule has 5 nitrogen and oxygen atoms in total. The van der Waals surface area contributed by atoms with Crippen molar-refractivity contribution >= 4 is 28.9 Å². The quantitative estimate of drug-likeness (QED) is 0.879. The zero-order chi connectivity index (χ0) is 17.6. The number of anilines is 3. The first kappa shape index (κ1) is 17.0. The van der Waals surface area contributed by atoms with E-state index in [2.05, 4.69) is 16.7 Å². The Morgan fingerprint density at radius 2 is 1.76 bits per heavy atom. The van der Waals surface area contributed by atoms with Gasteiger partial charge in [-0.3, -0.25) is 9.59 Å². The van der Waals surface area contributed by atoms with E-state index in [1.807, 2.05) is 54.3 Å². The minimum Gasteiger partial charge on any atom is -0.376 e. The van der Waals surface area contributed by atoms with Crippen LogP contribution in [0.4, 0.5) is 17.1 Å². The molecule has 1 aliphatic rings. The minimum absolute atomic E-state index is 0.0142. The standard InChI is InChI=1S/C20H23N3O2/c1-2-19(24)22-17-11-9-16(10-12-17)21-14-20(25)23-13-5-7-15-6-3-4-8-18(15)23/h3-4,6,8-12,21H,2,5,7,13-14H2,1H3,(H,22,24). The molecule has 0 saturated carbocycles. The maximum absolute atomic E-state index is 12.6. The average Bonchev–Trinajstić information content (AvgIpc) is 2.66. The molecule has 25 heavy (non-hydrogen) atoms. The van der Waals surface area contributed by atoms with Gasteiger partial charge in [0.25, 0.3) is 0 Å². The monoisotopic (exact) mass is 337 g/mol. The van der Waals surface area contributed by atoms with Crippen LogP contribution < -0.4 is 15.5 Å². The van der Waals surface area contributed by atoms with E-state index in [4.69, 9.17) is 0 Å². The van der Waals surface area contributed by atoms with Gasteiger partial charge in [0.05, 0.1) is 6.54 Å². The largest absolute Gasteiger partial charge is 0.376 e. The molecule has 130 valence electrons. The summed E-state index contributed by atoms with van der Waals surface area (Å²) >= 11 is 0. The molecule has 3 rings (SSSR count). The van der Waals surface area contributed by atoms with Crippen molar-refractivity contribution in [2.45, 2.75) is 26.2 Å². The van der Waals surface area contributed by atoms with Crippen molar-refractivity contribution in [1.29, 1.82) is 0 Å². The minimum atomic E-state index is -0.0142. The Morgan fingerprint density at radius 1 is 1.04 bits per heavy atom. The molecule has 2 aromatic rings. The van der Waals surface area contributed by atoms with E-state index in [-0.39, 0.29) is 18.4 Å². The van der Waals surface area contributed by atoms with Crippen molar-refractivity contribution < 1.29 is 9.59 Å². The first-order valence-corrected chi connectivity index (χ1v) is 8.69. The third-order valence-corrected chi connectivity index (χ3v) is 4.34. The lowest BCUT2D eigenvalue weighted by atomic mass is 10.0. The van der Waals surface area contributed by atoms with E-state index in [0.717, 1.165) is 36.4 Å². The topological polar surface area (TPSA) is 61.4 Å². The molecule has 0 bridgehead atoms. The second-order valence-electron chi connectivity index (χ2n) is 6.11. The van der Waals surface area contributed by atoms with Gasteiger partial charge in [0.2, 0.25) is 11.8 Å². The van der Waals surface area contributed by atoms with E-state index < -0.39 is 0 Å².